The third-order valence-corrected chi connectivity index (χ3v) is 2.97. The second-order valence-corrected chi connectivity index (χ2v) is 4.59. The number of benzene rings is 2. The minimum Gasteiger partial charge on any atom is -0.497 e. The van der Waals surface area contributed by atoms with Gasteiger partial charge in [0, 0.05) is 19.8 Å². The van der Waals surface area contributed by atoms with Gasteiger partial charge in [0.1, 0.15) is 5.75 Å². The van der Waals surface area contributed by atoms with Crippen molar-refractivity contribution < 1.29 is 4.74 Å². The monoisotopic (exact) mass is 241 g/mol. The first-order valence-electron chi connectivity index (χ1n) is 6.08. The number of hydrogen-bond acceptors (Lipinski definition) is 2. The summed E-state index contributed by atoms with van der Waals surface area (Å²) in [5, 5.41) is 0. The Balaban J connectivity index is 2.20. The molecular formula is C16H19NO. The SMILES string of the molecule is COc1cccc(Cc2cccc(N(C)C)c2)c1. The maximum Gasteiger partial charge on any atom is 0.119 e. The summed E-state index contributed by atoms with van der Waals surface area (Å²) in [6, 6.07) is 16.8. The van der Waals surface area contributed by atoms with Crippen LogP contribution in [-0.4, -0.2) is 21.2 Å². The Bertz CT molecular complexity index is 520. The molecule has 0 fully saturated rings. The van der Waals surface area contributed by atoms with E-state index < -0.39 is 0 Å². The van der Waals surface area contributed by atoms with Gasteiger partial charge < -0.3 is 9.64 Å². The summed E-state index contributed by atoms with van der Waals surface area (Å²) < 4.78 is 5.25. The Kier molecular flexibility index (Phi) is 3.88. The van der Waals surface area contributed by atoms with E-state index in [-0.39, 0.29) is 0 Å². The van der Waals surface area contributed by atoms with Crippen LogP contribution in [0.25, 0.3) is 0 Å². The highest BCUT2D eigenvalue weighted by Crippen LogP contribution is 2.19. The van der Waals surface area contributed by atoms with E-state index in [4.69, 9.17) is 4.74 Å². The van der Waals surface area contributed by atoms with Crippen molar-refractivity contribution in [3.05, 3.63) is 59.7 Å². The number of hydrogen-bond donors (Lipinski definition) is 0. The van der Waals surface area contributed by atoms with Crippen LogP contribution in [0.5, 0.6) is 5.75 Å². The summed E-state index contributed by atoms with van der Waals surface area (Å²) >= 11 is 0. The van der Waals surface area contributed by atoms with E-state index in [1.807, 2.05) is 12.1 Å². The lowest BCUT2D eigenvalue weighted by Crippen LogP contribution is -2.08. The standard InChI is InChI=1S/C16H19NO/c1-17(2)15-8-4-6-13(11-15)10-14-7-5-9-16(12-14)18-3/h4-9,11-12H,10H2,1-3H3. The molecule has 0 saturated carbocycles. The molecule has 18 heavy (non-hydrogen) atoms. The Morgan fingerprint density at radius 1 is 0.944 bits per heavy atom. The molecule has 0 saturated heterocycles. The summed E-state index contributed by atoms with van der Waals surface area (Å²) in [4.78, 5) is 2.12. The molecule has 0 aliphatic carbocycles. The highest BCUT2D eigenvalue weighted by Gasteiger charge is 2.01. The van der Waals surface area contributed by atoms with Crippen LogP contribution in [0.15, 0.2) is 48.5 Å². The van der Waals surface area contributed by atoms with Crippen LogP contribution in [-0.2, 0) is 6.42 Å². The average molecular weight is 241 g/mol. The van der Waals surface area contributed by atoms with E-state index in [1.165, 1.54) is 16.8 Å². The Morgan fingerprint density at radius 2 is 1.61 bits per heavy atom. The molecule has 0 aromatic heterocycles. The van der Waals surface area contributed by atoms with Gasteiger partial charge in [-0.05, 0) is 41.8 Å². The van der Waals surface area contributed by atoms with Gasteiger partial charge in [-0.15, -0.1) is 0 Å². The lowest BCUT2D eigenvalue weighted by atomic mass is 10.0. The maximum atomic E-state index is 5.25. The number of nitrogens with zero attached hydrogens (tertiary/aromatic N) is 1. The molecule has 0 radical (unpaired) electrons. The molecule has 0 aliphatic rings. The molecule has 94 valence electrons. The molecule has 0 N–H and O–H groups in total. The van der Waals surface area contributed by atoms with Crippen LogP contribution in [0.1, 0.15) is 11.1 Å². The fraction of sp³-hybridized carbons (Fsp3) is 0.250. The van der Waals surface area contributed by atoms with Gasteiger partial charge in [-0.2, -0.15) is 0 Å². The van der Waals surface area contributed by atoms with E-state index in [0.717, 1.165) is 12.2 Å². The summed E-state index contributed by atoms with van der Waals surface area (Å²) in [7, 11) is 5.82. The second-order valence-electron chi connectivity index (χ2n) is 4.59. The second kappa shape index (κ2) is 5.58. The molecule has 2 nitrogen and oxygen atoms in total. The van der Waals surface area contributed by atoms with Crippen molar-refractivity contribution >= 4 is 5.69 Å². The third kappa shape index (κ3) is 3.04. The highest BCUT2D eigenvalue weighted by molar-refractivity contribution is 5.48. The van der Waals surface area contributed by atoms with Crippen molar-refractivity contribution in [3.8, 4) is 5.75 Å². The molecule has 2 aromatic carbocycles. The van der Waals surface area contributed by atoms with Crippen molar-refractivity contribution in [3.63, 3.8) is 0 Å². The van der Waals surface area contributed by atoms with Gasteiger partial charge in [0.25, 0.3) is 0 Å². The highest BCUT2D eigenvalue weighted by atomic mass is 16.5. The topological polar surface area (TPSA) is 12.5 Å². The molecule has 0 aliphatic heterocycles. The number of anilines is 1. The normalized spacial score (nSPS) is 10.2. The van der Waals surface area contributed by atoms with Crippen LogP contribution in [0.4, 0.5) is 5.69 Å². The molecule has 2 heteroatoms. The molecule has 0 amide bonds. The van der Waals surface area contributed by atoms with Crippen LogP contribution >= 0.6 is 0 Å². The first-order chi connectivity index (χ1) is 8.69. The van der Waals surface area contributed by atoms with Crippen LogP contribution in [0.2, 0.25) is 0 Å². The van der Waals surface area contributed by atoms with E-state index in [0.29, 0.717) is 0 Å². The van der Waals surface area contributed by atoms with Gasteiger partial charge in [-0.1, -0.05) is 24.3 Å². The number of rotatable bonds is 4. The van der Waals surface area contributed by atoms with Crippen molar-refractivity contribution in [2.45, 2.75) is 6.42 Å². The molecule has 0 unspecified atom stereocenters. The van der Waals surface area contributed by atoms with Crippen molar-refractivity contribution in [1.82, 2.24) is 0 Å². The number of ether oxygens (including phenoxy) is 1. The largest absolute Gasteiger partial charge is 0.497 e. The predicted octanol–water partition coefficient (Wildman–Crippen LogP) is 3.35. The van der Waals surface area contributed by atoms with Gasteiger partial charge in [-0.3, -0.25) is 0 Å². The molecule has 0 spiro atoms. The molecular weight excluding hydrogens is 222 g/mol. The summed E-state index contributed by atoms with van der Waals surface area (Å²) in [6.45, 7) is 0. The molecule has 0 atom stereocenters. The van der Waals surface area contributed by atoms with Gasteiger partial charge in [0.15, 0.2) is 0 Å². The van der Waals surface area contributed by atoms with E-state index >= 15 is 0 Å². The Morgan fingerprint density at radius 3 is 2.28 bits per heavy atom. The summed E-state index contributed by atoms with van der Waals surface area (Å²) in [5.74, 6) is 0.913. The first kappa shape index (κ1) is 12.5. The Hall–Kier alpha value is -1.96. The molecule has 0 bridgehead atoms. The van der Waals surface area contributed by atoms with Gasteiger partial charge in [-0.25, -0.2) is 0 Å². The van der Waals surface area contributed by atoms with E-state index in [9.17, 15) is 0 Å². The van der Waals surface area contributed by atoms with Crippen LogP contribution in [0.3, 0.4) is 0 Å². The fourth-order valence-corrected chi connectivity index (χ4v) is 1.96. The molecule has 0 heterocycles. The third-order valence-electron chi connectivity index (χ3n) is 2.97. The minimum atomic E-state index is 0.913. The van der Waals surface area contributed by atoms with Gasteiger partial charge >= 0.3 is 0 Å². The van der Waals surface area contributed by atoms with E-state index in [1.54, 1.807) is 7.11 Å². The smallest absolute Gasteiger partial charge is 0.119 e. The minimum absolute atomic E-state index is 0.913. The zero-order chi connectivity index (χ0) is 13.0. The van der Waals surface area contributed by atoms with Crippen LogP contribution < -0.4 is 9.64 Å². The predicted molar refractivity (Wildman–Crippen MR) is 76.6 cm³/mol. The average Bonchev–Trinajstić information content (AvgIpc) is 2.39. The first-order valence-corrected chi connectivity index (χ1v) is 6.08. The van der Waals surface area contributed by atoms with Crippen LogP contribution in [0, 0.1) is 0 Å². The van der Waals surface area contributed by atoms with Gasteiger partial charge in [0.05, 0.1) is 7.11 Å². The van der Waals surface area contributed by atoms with Crippen molar-refractivity contribution in [2.75, 3.05) is 26.1 Å². The summed E-state index contributed by atoms with van der Waals surface area (Å²) in [5.41, 5.74) is 3.81. The zero-order valence-electron chi connectivity index (χ0n) is 11.2. The zero-order valence-corrected chi connectivity index (χ0v) is 11.2. The number of methoxy groups -OCH3 is 1. The van der Waals surface area contributed by atoms with Crippen molar-refractivity contribution in [2.24, 2.45) is 0 Å². The Labute approximate surface area is 109 Å². The quantitative estimate of drug-likeness (QED) is 0.814. The molecule has 2 aromatic rings. The molecule has 2 rings (SSSR count). The lowest BCUT2D eigenvalue weighted by molar-refractivity contribution is 0.414. The summed E-state index contributed by atoms with van der Waals surface area (Å²) in [6.07, 6.45) is 0.929. The van der Waals surface area contributed by atoms with Gasteiger partial charge in [0.2, 0.25) is 0 Å². The van der Waals surface area contributed by atoms with Crippen molar-refractivity contribution in [1.29, 1.82) is 0 Å². The maximum absolute atomic E-state index is 5.25. The lowest BCUT2D eigenvalue weighted by Gasteiger charge is -2.13. The van der Waals surface area contributed by atoms with E-state index in [2.05, 4.69) is 55.4 Å². The fourth-order valence-electron chi connectivity index (χ4n) is 1.96.